The normalized spacial score (nSPS) is 10.9. The van der Waals surface area contributed by atoms with Gasteiger partial charge in [-0.25, -0.2) is 8.42 Å². The van der Waals surface area contributed by atoms with Gasteiger partial charge >= 0.3 is 0 Å². The van der Waals surface area contributed by atoms with Crippen LogP contribution in [-0.2, 0) is 10.0 Å². The Kier molecular flexibility index (Phi) is 4.93. The number of thiocyanates is 1. The summed E-state index contributed by atoms with van der Waals surface area (Å²) >= 11 is 4.27. The predicted octanol–water partition coefficient (Wildman–Crippen LogP) is 4.13. The van der Waals surface area contributed by atoms with Crippen molar-refractivity contribution in [2.75, 3.05) is 4.72 Å². The molecule has 2 rings (SSSR count). The number of benzene rings is 2. The zero-order valence-electron chi connectivity index (χ0n) is 11.0. The van der Waals surface area contributed by atoms with Gasteiger partial charge in [-0.15, -0.1) is 0 Å². The summed E-state index contributed by atoms with van der Waals surface area (Å²) < 4.78 is 27.8. The van der Waals surface area contributed by atoms with Gasteiger partial charge < -0.3 is 0 Å². The maximum Gasteiger partial charge on any atom is 0.263 e. The van der Waals surface area contributed by atoms with Crippen LogP contribution in [0.15, 0.2) is 56.7 Å². The average Bonchev–Trinajstić information content (AvgIpc) is 2.42. The minimum atomic E-state index is -3.66. The average molecular weight is 383 g/mol. The Morgan fingerprint density at radius 1 is 1.24 bits per heavy atom. The van der Waals surface area contributed by atoms with Crippen molar-refractivity contribution in [2.45, 2.75) is 16.7 Å². The van der Waals surface area contributed by atoms with E-state index in [0.717, 1.165) is 22.2 Å². The molecular formula is C14H11BrN2O2S2. The molecule has 0 aliphatic heterocycles. The van der Waals surface area contributed by atoms with Gasteiger partial charge in [0.05, 0.1) is 5.69 Å². The zero-order valence-corrected chi connectivity index (χ0v) is 14.2. The second-order valence-electron chi connectivity index (χ2n) is 4.21. The van der Waals surface area contributed by atoms with E-state index < -0.39 is 10.0 Å². The number of sulfonamides is 1. The highest BCUT2D eigenvalue weighted by atomic mass is 79.9. The van der Waals surface area contributed by atoms with E-state index in [2.05, 4.69) is 20.7 Å². The van der Waals surface area contributed by atoms with Crippen molar-refractivity contribution in [3.05, 3.63) is 52.5 Å². The van der Waals surface area contributed by atoms with Crippen molar-refractivity contribution < 1.29 is 8.42 Å². The van der Waals surface area contributed by atoms with E-state index in [0.29, 0.717) is 10.2 Å². The number of nitrogens with zero attached hydrogens (tertiary/aromatic N) is 1. The lowest BCUT2D eigenvalue weighted by molar-refractivity contribution is 0.600. The van der Waals surface area contributed by atoms with Gasteiger partial charge in [0.2, 0.25) is 0 Å². The predicted molar refractivity (Wildman–Crippen MR) is 87.6 cm³/mol. The molecule has 0 bridgehead atoms. The summed E-state index contributed by atoms with van der Waals surface area (Å²) in [7, 11) is -3.66. The molecule has 0 atom stereocenters. The number of halogens is 1. The Bertz CT molecular complexity index is 814. The van der Waals surface area contributed by atoms with E-state index in [1.807, 2.05) is 5.40 Å². The second kappa shape index (κ2) is 6.52. The van der Waals surface area contributed by atoms with Crippen molar-refractivity contribution in [2.24, 2.45) is 0 Å². The molecule has 21 heavy (non-hydrogen) atoms. The maximum absolute atomic E-state index is 12.4. The van der Waals surface area contributed by atoms with E-state index >= 15 is 0 Å². The van der Waals surface area contributed by atoms with Crippen molar-refractivity contribution in [1.82, 2.24) is 0 Å². The van der Waals surface area contributed by atoms with Gasteiger partial charge in [-0.1, -0.05) is 12.1 Å². The van der Waals surface area contributed by atoms with Crippen LogP contribution in [-0.4, -0.2) is 8.42 Å². The fraction of sp³-hybridized carbons (Fsp3) is 0.0714. The molecule has 0 aliphatic carbocycles. The van der Waals surface area contributed by atoms with E-state index in [4.69, 9.17) is 5.26 Å². The largest absolute Gasteiger partial charge is 0.279 e. The van der Waals surface area contributed by atoms with Crippen molar-refractivity contribution in [3.63, 3.8) is 0 Å². The molecule has 4 nitrogen and oxygen atoms in total. The highest BCUT2D eigenvalue weighted by molar-refractivity contribution is 9.10. The molecule has 108 valence electrons. The molecule has 2 aromatic rings. The Labute approximate surface area is 136 Å². The van der Waals surface area contributed by atoms with Crippen LogP contribution in [0.25, 0.3) is 0 Å². The summed E-state index contributed by atoms with van der Waals surface area (Å²) in [6.45, 7) is 1.79. The van der Waals surface area contributed by atoms with Gasteiger partial charge in [0.25, 0.3) is 10.0 Å². The Balaban J connectivity index is 2.34. The topological polar surface area (TPSA) is 70.0 Å². The summed E-state index contributed by atoms with van der Waals surface area (Å²) in [5, 5.41) is 10.6. The van der Waals surface area contributed by atoms with Gasteiger partial charge in [-0.05, 0) is 70.5 Å². The van der Waals surface area contributed by atoms with Crippen molar-refractivity contribution in [1.29, 1.82) is 5.26 Å². The number of nitriles is 1. The van der Waals surface area contributed by atoms with Gasteiger partial charge in [0.1, 0.15) is 10.3 Å². The molecule has 0 saturated heterocycles. The number of nitrogens with one attached hydrogen (secondary N) is 1. The maximum atomic E-state index is 12.4. The number of anilines is 1. The van der Waals surface area contributed by atoms with Crippen LogP contribution >= 0.6 is 27.7 Å². The van der Waals surface area contributed by atoms with E-state index in [9.17, 15) is 8.42 Å². The van der Waals surface area contributed by atoms with E-state index in [-0.39, 0.29) is 4.90 Å². The van der Waals surface area contributed by atoms with Gasteiger partial charge in [-0.2, -0.15) is 5.26 Å². The monoisotopic (exact) mass is 382 g/mol. The molecule has 0 saturated carbocycles. The fourth-order valence-corrected chi connectivity index (χ4v) is 4.34. The SMILES string of the molecule is Cc1cc(SC#N)ccc1NS(=O)(=O)c1ccccc1Br. The molecule has 0 radical (unpaired) electrons. The van der Waals surface area contributed by atoms with E-state index in [1.54, 1.807) is 43.3 Å². The lowest BCUT2D eigenvalue weighted by Crippen LogP contribution is -2.14. The molecular weight excluding hydrogens is 372 g/mol. The molecule has 1 N–H and O–H groups in total. The molecule has 0 unspecified atom stereocenters. The van der Waals surface area contributed by atoms with Crippen LogP contribution in [0.2, 0.25) is 0 Å². The molecule has 0 spiro atoms. The summed E-state index contributed by atoms with van der Waals surface area (Å²) in [4.78, 5) is 0.957. The van der Waals surface area contributed by atoms with Gasteiger partial charge in [0.15, 0.2) is 0 Å². The molecule has 0 aliphatic rings. The fourth-order valence-electron chi connectivity index (χ4n) is 1.73. The van der Waals surface area contributed by atoms with Crippen molar-refractivity contribution in [3.8, 4) is 5.40 Å². The summed E-state index contributed by atoms with van der Waals surface area (Å²) in [6, 6.07) is 11.8. The second-order valence-corrected chi connectivity index (χ2v) is 7.57. The third-order valence-corrected chi connectivity index (χ3v) is 5.69. The standard InChI is InChI=1S/C14H11BrN2O2S2/c1-10-8-11(20-9-16)6-7-13(10)17-21(18,19)14-5-3-2-4-12(14)15/h2-8,17H,1H3. The van der Waals surface area contributed by atoms with Crippen LogP contribution in [0.1, 0.15) is 5.56 Å². The van der Waals surface area contributed by atoms with Crippen LogP contribution in [0.5, 0.6) is 0 Å². The first kappa shape index (κ1) is 15.9. The van der Waals surface area contributed by atoms with Gasteiger partial charge in [-0.3, -0.25) is 4.72 Å². The van der Waals surface area contributed by atoms with Crippen molar-refractivity contribution >= 4 is 43.4 Å². The summed E-state index contributed by atoms with van der Waals surface area (Å²) in [5.74, 6) is 0. The highest BCUT2D eigenvalue weighted by Gasteiger charge is 2.18. The van der Waals surface area contributed by atoms with E-state index in [1.165, 1.54) is 6.07 Å². The molecule has 0 amide bonds. The first-order valence-electron chi connectivity index (χ1n) is 5.88. The van der Waals surface area contributed by atoms with Crippen LogP contribution < -0.4 is 4.72 Å². The Morgan fingerprint density at radius 3 is 2.57 bits per heavy atom. The number of hydrogen-bond donors (Lipinski definition) is 1. The summed E-state index contributed by atoms with van der Waals surface area (Å²) in [6.07, 6.45) is 0. The van der Waals surface area contributed by atoms with Gasteiger partial charge in [0, 0.05) is 9.37 Å². The zero-order chi connectivity index (χ0) is 15.5. The summed E-state index contributed by atoms with van der Waals surface area (Å²) in [5.41, 5.74) is 1.25. The third-order valence-electron chi connectivity index (χ3n) is 2.73. The highest BCUT2D eigenvalue weighted by Crippen LogP contribution is 2.27. The Hall–Kier alpha value is -1.49. The molecule has 0 fully saturated rings. The lowest BCUT2D eigenvalue weighted by atomic mass is 10.2. The Morgan fingerprint density at radius 2 is 1.95 bits per heavy atom. The number of rotatable bonds is 4. The van der Waals surface area contributed by atoms with Crippen LogP contribution in [0, 0.1) is 17.6 Å². The molecule has 0 heterocycles. The first-order chi connectivity index (χ1) is 9.94. The number of aryl methyl sites for hydroxylation is 1. The molecule has 0 aromatic heterocycles. The minimum Gasteiger partial charge on any atom is -0.279 e. The lowest BCUT2D eigenvalue weighted by Gasteiger charge is -2.12. The van der Waals surface area contributed by atoms with Crippen LogP contribution in [0.4, 0.5) is 5.69 Å². The third kappa shape index (κ3) is 3.79. The quantitative estimate of drug-likeness (QED) is 0.637. The van der Waals surface area contributed by atoms with Crippen LogP contribution in [0.3, 0.4) is 0 Å². The number of hydrogen-bond acceptors (Lipinski definition) is 4. The smallest absolute Gasteiger partial charge is 0.263 e. The first-order valence-corrected chi connectivity index (χ1v) is 8.97. The molecule has 2 aromatic carbocycles. The minimum absolute atomic E-state index is 0.180. The molecule has 7 heteroatoms. The number of thioether (sulfide) groups is 1.